The summed E-state index contributed by atoms with van der Waals surface area (Å²) in [5.41, 5.74) is 0.427. The standard InChI is InChI=1S/C20H24N4O4S2/c25-18(22-20-21-9-13-29-20)16-4-3-10-23(14-16)19(26)15-5-7-17(8-6-15)30(27,28)24-11-1-2-12-24/h5-9,13,16H,1-4,10-12,14H2,(H,21,22,25). The van der Waals surface area contributed by atoms with Gasteiger partial charge in [-0.1, -0.05) is 0 Å². The van der Waals surface area contributed by atoms with Gasteiger partial charge in [0.25, 0.3) is 5.91 Å². The van der Waals surface area contributed by atoms with Crippen molar-refractivity contribution in [2.24, 2.45) is 5.92 Å². The highest BCUT2D eigenvalue weighted by Crippen LogP contribution is 2.24. The molecule has 160 valence electrons. The molecule has 1 atom stereocenters. The lowest BCUT2D eigenvalue weighted by molar-refractivity contribution is -0.121. The Morgan fingerprint density at radius 3 is 2.47 bits per heavy atom. The van der Waals surface area contributed by atoms with Crippen molar-refractivity contribution in [3.8, 4) is 0 Å². The number of sulfonamides is 1. The van der Waals surface area contributed by atoms with Gasteiger partial charge in [0.2, 0.25) is 15.9 Å². The molecule has 2 aliphatic heterocycles. The van der Waals surface area contributed by atoms with E-state index in [0.717, 1.165) is 19.3 Å². The first-order valence-electron chi connectivity index (χ1n) is 10.0. The molecule has 0 aliphatic carbocycles. The molecular weight excluding hydrogens is 424 g/mol. The molecule has 1 aromatic carbocycles. The average Bonchev–Trinajstić information content (AvgIpc) is 3.48. The second-order valence-electron chi connectivity index (χ2n) is 7.55. The van der Waals surface area contributed by atoms with Crippen LogP contribution in [0.2, 0.25) is 0 Å². The number of thiazole rings is 1. The smallest absolute Gasteiger partial charge is 0.253 e. The first kappa shape index (κ1) is 21.0. The maximum absolute atomic E-state index is 12.9. The molecule has 0 spiro atoms. The fraction of sp³-hybridized carbons (Fsp3) is 0.450. The highest BCUT2D eigenvalue weighted by Gasteiger charge is 2.30. The van der Waals surface area contributed by atoms with Gasteiger partial charge < -0.3 is 10.2 Å². The zero-order valence-corrected chi connectivity index (χ0v) is 18.1. The van der Waals surface area contributed by atoms with Gasteiger partial charge in [-0.25, -0.2) is 13.4 Å². The Morgan fingerprint density at radius 1 is 1.07 bits per heavy atom. The second kappa shape index (κ2) is 8.83. The van der Waals surface area contributed by atoms with Gasteiger partial charge in [0.05, 0.1) is 10.8 Å². The molecule has 2 aliphatic rings. The molecule has 2 saturated heterocycles. The fourth-order valence-corrected chi connectivity index (χ4v) is 5.95. The summed E-state index contributed by atoms with van der Waals surface area (Å²) in [6, 6.07) is 6.12. The summed E-state index contributed by atoms with van der Waals surface area (Å²) in [5.74, 6) is -0.609. The number of carbonyl (C=O) groups is 2. The third-order valence-electron chi connectivity index (χ3n) is 5.55. The van der Waals surface area contributed by atoms with E-state index >= 15 is 0 Å². The van der Waals surface area contributed by atoms with Gasteiger partial charge in [-0.15, -0.1) is 11.3 Å². The van der Waals surface area contributed by atoms with Gasteiger partial charge in [-0.05, 0) is 49.9 Å². The Hall–Kier alpha value is -2.30. The zero-order chi connectivity index (χ0) is 21.1. The molecule has 30 heavy (non-hydrogen) atoms. The molecule has 0 radical (unpaired) electrons. The van der Waals surface area contributed by atoms with Crippen molar-refractivity contribution in [3.05, 3.63) is 41.4 Å². The number of nitrogens with zero attached hydrogens (tertiary/aromatic N) is 3. The molecule has 2 fully saturated rings. The molecule has 3 heterocycles. The maximum atomic E-state index is 12.9. The predicted octanol–water partition coefficient (Wildman–Crippen LogP) is 2.42. The molecule has 8 nitrogen and oxygen atoms in total. The van der Waals surface area contributed by atoms with Gasteiger partial charge in [0.1, 0.15) is 0 Å². The highest BCUT2D eigenvalue weighted by molar-refractivity contribution is 7.89. The van der Waals surface area contributed by atoms with Crippen LogP contribution in [0.25, 0.3) is 0 Å². The van der Waals surface area contributed by atoms with E-state index in [9.17, 15) is 18.0 Å². The number of aromatic nitrogens is 1. The lowest BCUT2D eigenvalue weighted by Crippen LogP contribution is -2.43. The summed E-state index contributed by atoms with van der Waals surface area (Å²) >= 11 is 1.36. The van der Waals surface area contributed by atoms with Gasteiger partial charge >= 0.3 is 0 Å². The average molecular weight is 449 g/mol. The van der Waals surface area contributed by atoms with Crippen molar-refractivity contribution in [1.29, 1.82) is 0 Å². The van der Waals surface area contributed by atoms with Crippen molar-refractivity contribution in [2.45, 2.75) is 30.6 Å². The van der Waals surface area contributed by atoms with Crippen molar-refractivity contribution in [2.75, 3.05) is 31.5 Å². The van der Waals surface area contributed by atoms with E-state index in [1.54, 1.807) is 28.6 Å². The van der Waals surface area contributed by atoms with E-state index in [4.69, 9.17) is 0 Å². The summed E-state index contributed by atoms with van der Waals surface area (Å²) in [6.07, 6.45) is 4.84. The third-order valence-corrected chi connectivity index (χ3v) is 8.15. The molecule has 1 aromatic heterocycles. The third kappa shape index (κ3) is 4.40. The topological polar surface area (TPSA) is 99.7 Å². The molecule has 10 heteroatoms. The second-order valence-corrected chi connectivity index (χ2v) is 10.4. The van der Waals surface area contributed by atoms with Crippen molar-refractivity contribution in [3.63, 3.8) is 0 Å². The van der Waals surface area contributed by atoms with Gasteiger partial charge in [-0.2, -0.15) is 4.31 Å². The molecule has 2 amide bonds. The Balaban J connectivity index is 1.41. The van der Waals surface area contributed by atoms with Crippen LogP contribution >= 0.6 is 11.3 Å². The maximum Gasteiger partial charge on any atom is 0.253 e. The van der Waals surface area contributed by atoms with Crippen LogP contribution in [-0.2, 0) is 14.8 Å². The number of amides is 2. The number of rotatable bonds is 5. The minimum atomic E-state index is -3.50. The van der Waals surface area contributed by atoms with Gasteiger partial charge in [-0.3, -0.25) is 9.59 Å². The van der Waals surface area contributed by atoms with E-state index in [1.807, 2.05) is 0 Å². The number of carbonyl (C=O) groups excluding carboxylic acids is 2. The predicted molar refractivity (Wildman–Crippen MR) is 114 cm³/mol. The number of anilines is 1. The Morgan fingerprint density at radius 2 is 1.80 bits per heavy atom. The number of hydrogen-bond donors (Lipinski definition) is 1. The minimum absolute atomic E-state index is 0.130. The summed E-state index contributed by atoms with van der Waals surface area (Å²) in [4.78, 5) is 31.4. The summed E-state index contributed by atoms with van der Waals surface area (Å²) < 4.78 is 26.8. The van der Waals surface area contributed by atoms with E-state index in [-0.39, 0.29) is 22.6 Å². The molecule has 1 unspecified atom stereocenters. The van der Waals surface area contributed by atoms with Crippen LogP contribution in [0, 0.1) is 5.92 Å². The molecule has 1 N–H and O–H groups in total. The van der Waals surface area contributed by atoms with E-state index in [0.29, 0.717) is 43.3 Å². The van der Waals surface area contributed by atoms with Crippen LogP contribution in [0.5, 0.6) is 0 Å². The number of nitrogens with one attached hydrogen (secondary N) is 1. The summed E-state index contributed by atoms with van der Waals surface area (Å²) in [7, 11) is -3.50. The van der Waals surface area contributed by atoms with Crippen LogP contribution in [0.1, 0.15) is 36.0 Å². The largest absolute Gasteiger partial charge is 0.338 e. The number of benzene rings is 1. The Bertz CT molecular complexity index is 1000. The normalized spacial score (nSPS) is 20.3. The Kier molecular flexibility index (Phi) is 6.16. The Labute approximate surface area is 180 Å². The fourth-order valence-electron chi connectivity index (χ4n) is 3.90. The number of piperidine rings is 1. The number of likely N-dealkylation sites (tertiary alicyclic amines) is 1. The van der Waals surface area contributed by atoms with Crippen molar-refractivity contribution >= 4 is 38.3 Å². The molecular formula is C20H24N4O4S2. The molecule has 0 bridgehead atoms. The van der Waals surface area contributed by atoms with Crippen molar-refractivity contribution in [1.82, 2.24) is 14.2 Å². The van der Waals surface area contributed by atoms with Crippen LogP contribution in [-0.4, -0.2) is 60.6 Å². The summed E-state index contributed by atoms with van der Waals surface area (Å²) in [5, 5.41) is 5.15. The van der Waals surface area contributed by atoms with Crippen LogP contribution in [0.3, 0.4) is 0 Å². The first-order chi connectivity index (χ1) is 14.4. The van der Waals surface area contributed by atoms with Crippen LogP contribution < -0.4 is 5.32 Å². The monoisotopic (exact) mass is 448 g/mol. The van der Waals surface area contributed by atoms with E-state index in [2.05, 4.69) is 10.3 Å². The van der Waals surface area contributed by atoms with Gasteiger partial charge in [0.15, 0.2) is 5.13 Å². The lowest BCUT2D eigenvalue weighted by Gasteiger charge is -2.32. The van der Waals surface area contributed by atoms with E-state index < -0.39 is 10.0 Å². The number of hydrogen-bond acceptors (Lipinski definition) is 6. The van der Waals surface area contributed by atoms with Crippen molar-refractivity contribution < 1.29 is 18.0 Å². The van der Waals surface area contributed by atoms with E-state index in [1.165, 1.54) is 27.8 Å². The zero-order valence-electron chi connectivity index (χ0n) is 16.5. The highest BCUT2D eigenvalue weighted by atomic mass is 32.2. The molecule has 0 saturated carbocycles. The summed E-state index contributed by atoms with van der Waals surface area (Å²) in [6.45, 7) is 2.00. The first-order valence-corrected chi connectivity index (χ1v) is 12.4. The molecule has 4 rings (SSSR count). The van der Waals surface area contributed by atoms with Gasteiger partial charge in [0, 0.05) is 43.3 Å². The van der Waals surface area contributed by atoms with Crippen LogP contribution in [0.4, 0.5) is 5.13 Å². The van der Waals surface area contributed by atoms with Crippen LogP contribution in [0.15, 0.2) is 40.7 Å². The minimum Gasteiger partial charge on any atom is -0.338 e. The quantitative estimate of drug-likeness (QED) is 0.757. The lowest BCUT2D eigenvalue weighted by atomic mass is 9.96. The molecule has 2 aromatic rings. The SMILES string of the molecule is O=C(Nc1nccs1)C1CCCN(C(=O)c2ccc(S(=O)(=O)N3CCCC3)cc2)C1.